The third-order valence-corrected chi connectivity index (χ3v) is 17.9. The minimum atomic E-state index is -0.801. The number of hydroxylamine groups is 5. The molecule has 1 unspecified atom stereocenters. The van der Waals surface area contributed by atoms with Gasteiger partial charge in [0, 0.05) is 75.8 Å². The fraction of sp³-hybridized carbons (Fsp3) is 0.726. The van der Waals surface area contributed by atoms with Gasteiger partial charge < -0.3 is 30.2 Å². The molecule has 0 bridgehead atoms. The Kier molecular flexibility index (Phi) is 31.1. The number of morpholine rings is 1. The molecule has 5 aliphatic rings. The number of piperazine rings is 1. The maximum atomic E-state index is 15.4. The average molecular weight is 1260 g/mol. The van der Waals surface area contributed by atoms with Crippen molar-refractivity contribution in [3.05, 3.63) is 41.3 Å². The highest BCUT2D eigenvalue weighted by Crippen LogP contribution is 2.37. The first-order valence-electron chi connectivity index (χ1n) is 31.9. The van der Waals surface area contributed by atoms with Gasteiger partial charge in [0.2, 0.25) is 30.5 Å². The van der Waals surface area contributed by atoms with Crippen molar-refractivity contribution in [2.24, 2.45) is 52.3 Å². The van der Waals surface area contributed by atoms with E-state index >= 15 is 4.39 Å². The van der Waals surface area contributed by atoms with Crippen LogP contribution in [0.2, 0.25) is 0 Å². The molecule has 89 heavy (non-hydrogen) atoms. The number of aliphatic hydroxyl groups is 1. The predicted molar refractivity (Wildman–Crippen MR) is 321 cm³/mol. The summed E-state index contributed by atoms with van der Waals surface area (Å²) in [6.45, 7) is 14.0. The number of pyridine rings is 1. The summed E-state index contributed by atoms with van der Waals surface area (Å²) in [5.74, 6) is -3.98. The fourth-order valence-corrected chi connectivity index (χ4v) is 12.9. The van der Waals surface area contributed by atoms with Crippen LogP contribution in [-0.2, 0) is 43.1 Å². The summed E-state index contributed by atoms with van der Waals surface area (Å²) in [6.07, 6.45) is 15.5. The van der Waals surface area contributed by atoms with Crippen LogP contribution in [0.4, 0.5) is 20.4 Å². The van der Waals surface area contributed by atoms with E-state index in [1.165, 1.54) is 4.90 Å². The molecule has 3 aliphatic heterocycles. The molecule has 7 N–H and O–H groups in total. The van der Waals surface area contributed by atoms with Crippen molar-refractivity contribution >= 4 is 59.5 Å². The van der Waals surface area contributed by atoms with Crippen molar-refractivity contribution < 1.29 is 77.8 Å². The lowest BCUT2D eigenvalue weighted by atomic mass is 9.76. The lowest BCUT2D eigenvalue weighted by Gasteiger charge is -2.44. The van der Waals surface area contributed by atoms with E-state index in [0.717, 1.165) is 115 Å². The average Bonchev–Trinajstić information content (AvgIpc) is 4.27. The zero-order chi connectivity index (χ0) is 65.2. The number of aliphatic hydroxyl groups excluding tert-OH is 1. The summed E-state index contributed by atoms with van der Waals surface area (Å²) in [4.78, 5) is 116. The number of rotatable bonds is 31. The molecule has 2 saturated carbocycles. The molecule has 7 rings (SSSR count). The number of aryl methyl sites for hydroxylation is 1. The molecule has 5 heterocycles. The zero-order valence-electron chi connectivity index (χ0n) is 52.6. The van der Waals surface area contributed by atoms with Crippen molar-refractivity contribution in [1.29, 1.82) is 0 Å². The van der Waals surface area contributed by atoms with Crippen LogP contribution in [0.15, 0.2) is 23.3 Å². The second-order valence-electron chi connectivity index (χ2n) is 24.7. The Morgan fingerprint density at radius 3 is 2.18 bits per heavy atom. The van der Waals surface area contributed by atoms with Gasteiger partial charge in [-0.25, -0.2) is 30.0 Å². The maximum absolute atomic E-state index is 15.4. The fourth-order valence-electron chi connectivity index (χ4n) is 12.9. The minimum absolute atomic E-state index is 0.00553. The highest BCUT2D eigenvalue weighted by molar-refractivity contribution is 5.93. The maximum Gasteiger partial charge on any atom is 0.270 e. The number of ether oxygens (including phenoxy) is 1. The monoisotopic (exact) mass is 1260 g/mol. The van der Waals surface area contributed by atoms with Gasteiger partial charge in [-0.3, -0.25) is 58.9 Å². The first-order valence-corrected chi connectivity index (χ1v) is 31.9. The first kappa shape index (κ1) is 73.3. The van der Waals surface area contributed by atoms with Crippen LogP contribution in [0.25, 0.3) is 0 Å². The summed E-state index contributed by atoms with van der Waals surface area (Å²) in [5.41, 5.74) is 1.47. The number of anilines is 2. The number of nitrogens with one attached hydrogen (secondary N) is 2. The molecule has 498 valence electrons. The van der Waals surface area contributed by atoms with E-state index in [2.05, 4.69) is 32.1 Å². The standard InChI is InChI=1S/C23H35FN6O4.C21H37NO5.C18H25FN4O5/c1-16-26-22(21(24)23(27-16)29-7-6-28-8-9-34-14-19(28)13-29)25-11-20(32)18(12-30(33)15-31)10-17-4-2-3-5-17;1-4-5-6-8-15(11-20(25)22-27)19(24)12-18(14(2)3)21(26)17-10-7-9-16(17)13-23;1-2-3-5-13(10-21(27)12-24)18(26)22-9-4-6-15(22)17(25)20-16-8-7-14(19)11-23(16)28/h15,17-19,33H,2-14H2,1H3,(H,25,26,27);14-18,23,27H,4-13H2,1-3H3,(H,22,25);7-8,11-13,15,27-28H,2-6,9-10H2,1H3/t18-,19+;15-,16+,17?,18+;13-,15+/m111/s1. The summed E-state index contributed by atoms with van der Waals surface area (Å²) in [6, 6.07) is 1.62. The third-order valence-electron chi connectivity index (χ3n) is 17.9. The highest BCUT2D eigenvalue weighted by atomic mass is 19.1. The summed E-state index contributed by atoms with van der Waals surface area (Å²) in [5, 5.41) is 51.0. The number of likely N-dealkylation sites (tertiary alicyclic amines) is 1. The van der Waals surface area contributed by atoms with Crippen LogP contribution in [-0.4, -0.2) is 193 Å². The number of hydrogen-bond donors (Lipinski definition) is 7. The molecule has 2 aromatic heterocycles. The Hall–Kier alpha value is -6.39. The van der Waals surface area contributed by atoms with Crippen LogP contribution >= 0.6 is 0 Å². The molecular weight excluding hydrogens is 1160 g/mol. The van der Waals surface area contributed by atoms with Gasteiger partial charge in [-0.05, 0) is 81.8 Å². The largest absolute Gasteiger partial charge is 0.427 e. The number of unbranched alkanes of at least 4 members (excludes halogenated alkanes) is 3. The predicted octanol–water partition coefficient (Wildman–Crippen LogP) is 5.69. The SMILES string of the molecule is CCCCC[C@H](CC(=O)NO)C(=O)C[C@H](C(=O)C1CCC[C@H]1CO)C(C)C.CCCC[C@H](CN(O)C=O)C(=O)N1CCC[C@H]1C(=O)N=c1ccc(F)cn1O.Cc1nc(NCC(=O)[C@H](CC2CCCC2)CN(O)C=O)c(F)c(N2CCN3CCOC[C@@H]3C2)n1. The van der Waals surface area contributed by atoms with E-state index in [1.807, 2.05) is 25.7 Å². The van der Waals surface area contributed by atoms with Crippen molar-refractivity contribution in [2.75, 3.05) is 82.4 Å². The van der Waals surface area contributed by atoms with Crippen molar-refractivity contribution in [1.82, 2.24) is 40.1 Å². The zero-order valence-corrected chi connectivity index (χ0v) is 52.6. The number of ketones is 3. The summed E-state index contributed by atoms with van der Waals surface area (Å²) < 4.78 is 34.5. The van der Waals surface area contributed by atoms with Crippen molar-refractivity contribution in [3.63, 3.8) is 0 Å². The van der Waals surface area contributed by atoms with Crippen molar-refractivity contribution in [3.8, 4) is 0 Å². The summed E-state index contributed by atoms with van der Waals surface area (Å²) in [7, 11) is 0. The minimum Gasteiger partial charge on any atom is -0.427 e. The number of Topliss-reactive ketones (excluding diaryl/α,β-unsaturated/α-hetero) is 3. The molecular formula is C62H97F2N11O14. The number of halogens is 2. The first-order chi connectivity index (χ1) is 42.7. The number of carbonyl (C=O) groups is 8. The number of amides is 5. The van der Waals surface area contributed by atoms with Crippen LogP contribution in [0.3, 0.4) is 0 Å². The topological polar surface area (TPSA) is 330 Å². The van der Waals surface area contributed by atoms with Gasteiger partial charge in [0.15, 0.2) is 22.9 Å². The van der Waals surface area contributed by atoms with Gasteiger partial charge in [-0.1, -0.05) is 91.9 Å². The summed E-state index contributed by atoms with van der Waals surface area (Å²) >= 11 is 0. The second-order valence-corrected chi connectivity index (χ2v) is 24.7. The van der Waals surface area contributed by atoms with Gasteiger partial charge in [0.1, 0.15) is 29.2 Å². The van der Waals surface area contributed by atoms with Gasteiger partial charge in [-0.2, -0.15) is 14.1 Å². The molecule has 0 radical (unpaired) electrons. The molecule has 27 heteroatoms. The normalized spacial score (nSPS) is 20.9. The molecule has 25 nitrogen and oxygen atoms in total. The molecule has 8 atom stereocenters. The van der Waals surface area contributed by atoms with E-state index in [1.54, 1.807) is 12.4 Å². The molecule has 2 aromatic rings. The molecule has 3 saturated heterocycles. The number of carbonyl (C=O) groups excluding carboxylic acids is 8. The van der Waals surface area contributed by atoms with Crippen LogP contribution in [0.5, 0.6) is 0 Å². The Balaban J connectivity index is 0.000000245. The Morgan fingerprint density at radius 2 is 1.53 bits per heavy atom. The smallest absolute Gasteiger partial charge is 0.270 e. The number of aromatic nitrogens is 3. The molecule has 5 amide bonds. The van der Waals surface area contributed by atoms with Gasteiger partial charge in [0.05, 0.1) is 51.0 Å². The van der Waals surface area contributed by atoms with E-state index in [4.69, 9.17) is 9.94 Å². The number of hydrogen-bond acceptors (Lipinski definition) is 19. The molecule has 0 spiro atoms. The Morgan fingerprint density at radius 1 is 0.831 bits per heavy atom. The van der Waals surface area contributed by atoms with Crippen molar-refractivity contribution in [2.45, 2.75) is 169 Å². The second kappa shape index (κ2) is 37.7. The quantitative estimate of drug-likeness (QED) is 0.0157. The van der Waals surface area contributed by atoms with E-state index in [-0.39, 0.29) is 116 Å². The number of nitrogens with zero attached hydrogens (tertiary/aromatic N) is 9. The lowest BCUT2D eigenvalue weighted by molar-refractivity contribution is -0.158. The van der Waals surface area contributed by atoms with E-state index < -0.39 is 47.2 Å². The molecule has 2 aliphatic carbocycles. The van der Waals surface area contributed by atoms with Crippen LogP contribution < -0.4 is 21.2 Å². The molecule has 5 fully saturated rings. The Labute approximate surface area is 520 Å². The lowest BCUT2D eigenvalue weighted by Crippen LogP contribution is -2.58. The number of fused-ring (bicyclic) bond motifs is 1. The van der Waals surface area contributed by atoms with Gasteiger partial charge >= 0.3 is 0 Å². The van der Waals surface area contributed by atoms with Crippen LogP contribution in [0, 0.1) is 65.9 Å². The van der Waals surface area contributed by atoms with Gasteiger partial charge in [0.25, 0.3) is 5.91 Å². The Bertz CT molecular complexity index is 2700. The molecule has 0 aromatic carbocycles. The van der Waals surface area contributed by atoms with E-state index in [9.17, 15) is 63.5 Å². The van der Waals surface area contributed by atoms with Gasteiger partial charge in [-0.15, -0.1) is 0 Å². The van der Waals surface area contributed by atoms with Crippen LogP contribution in [0.1, 0.15) is 156 Å². The van der Waals surface area contributed by atoms with E-state index in [0.29, 0.717) is 91.4 Å². The third kappa shape index (κ3) is 22.5. The highest BCUT2D eigenvalue weighted by Gasteiger charge is 2.40.